The number of carbonyl (C=O) groups excluding carboxylic acids is 1. The minimum atomic E-state index is -0.00436. The van der Waals surface area contributed by atoms with Gasteiger partial charge in [-0.25, -0.2) is 4.98 Å². The Balaban J connectivity index is 1.65. The van der Waals surface area contributed by atoms with Gasteiger partial charge >= 0.3 is 0 Å². The third-order valence-electron chi connectivity index (χ3n) is 5.23. The lowest BCUT2D eigenvalue weighted by atomic mass is 9.95. The van der Waals surface area contributed by atoms with E-state index < -0.39 is 0 Å². The standard InChI is InChI=1S/C18H27N3O3/c1-24-17-9-14(5-6-19-17)18(23)21-11-15(16(12-21)13-22)10-20-7-3-2-4-8-20/h5-6,9,15-16,22H,2-4,7-8,10-13H2,1H3/t15-,16-/m1/s1. The zero-order valence-electron chi connectivity index (χ0n) is 14.4. The van der Waals surface area contributed by atoms with Crippen LogP contribution >= 0.6 is 0 Å². The molecular weight excluding hydrogens is 306 g/mol. The number of aliphatic hydroxyl groups is 1. The highest BCUT2D eigenvalue weighted by Crippen LogP contribution is 2.27. The van der Waals surface area contributed by atoms with Crippen LogP contribution in [0.25, 0.3) is 0 Å². The van der Waals surface area contributed by atoms with Gasteiger partial charge in [-0.3, -0.25) is 4.79 Å². The van der Waals surface area contributed by atoms with Crippen LogP contribution in [0.5, 0.6) is 5.88 Å². The molecule has 1 aromatic rings. The van der Waals surface area contributed by atoms with Crippen LogP contribution in [0.3, 0.4) is 0 Å². The first kappa shape index (κ1) is 17.2. The lowest BCUT2D eigenvalue weighted by Crippen LogP contribution is -2.37. The molecule has 0 saturated carbocycles. The fourth-order valence-corrected chi connectivity index (χ4v) is 3.83. The Morgan fingerprint density at radius 1 is 1.29 bits per heavy atom. The number of nitrogens with zero attached hydrogens (tertiary/aromatic N) is 3. The monoisotopic (exact) mass is 333 g/mol. The Hall–Kier alpha value is -1.66. The van der Waals surface area contributed by atoms with Gasteiger partial charge < -0.3 is 19.6 Å². The van der Waals surface area contributed by atoms with Crippen LogP contribution in [-0.4, -0.2) is 72.2 Å². The minimum absolute atomic E-state index is 0.00436. The quantitative estimate of drug-likeness (QED) is 0.879. The van der Waals surface area contributed by atoms with E-state index in [0.717, 1.165) is 19.6 Å². The number of aromatic nitrogens is 1. The zero-order valence-corrected chi connectivity index (χ0v) is 14.4. The Morgan fingerprint density at radius 2 is 2.04 bits per heavy atom. The van der Waals surface area contributed by atoms with Gasteiger partial charge in [0.1, 0.15) is 0 Å². The molecule has 0 aliphatic carbocycles. The molecule has 2 fully saturated rings. The SMILES string of the molecule is COc1cc(C(=O)N2C[C@@H](CN3CCCCC3)[C@@H](CO)C2)ccn1. The highest BCUT2D eigenvalue weighted by molar-refractivity contribution is 5.94. The number of aliphatic hydroxyl groups excluding tert-OH is 1. The summed E-state index contributed by atoms with van der Waals surface area (Å²) in [6, 6.07) is 3.39. The van der Waals surface area contributed by atoms with Crippen LogP contribution in [0.1, 0.15) is 29.6 Å². The average Bonchev–Trinajstić information content (AvgIpc) is 3.04. The smallest absolute Gasteiger partial charge is 0.254 e. The lowest BCUT2D eigenvalue weighted by molar-refractivity contribution is 0.0778. The second kappa shape index (κ2) is 7.94. The van der Waals surface area contributed by atoms with Gasteiger partial charge in [-0.2, -0.15) is 0 Å². The Kier molecular flexibility index (Phi) is 5.68. The summed E-state index contributed by atoms with van der Waals surface area (Å²) in [5, 5.41) is 9.73. The molecule has 0 bridgehead atoms. The van der Waals surface area contributed by atoms with Crippen LogP contribution in [0.15, 0.2) is 18.3 Å². The van der Waals surface area contributed by atoms with Gasteiger partial charge in [0.25, 0.3) is 5.91 Å². The van der Waals surface area contributed by atoms with Crippen molar-refractivity contribution < 1.29 is 14.6 Å². The van der Waals surface area contributed by atoms with Gasteiger partial charge in [-0.15, -0.1) is 0 Å². The molecule has 0 aromatic carbocycles. The first-order chi connectivity index (χ1) is 11.7. The molecule has 3 heterocycles. The van der Waals surface area contributed by atoms with E-state index in [1.165, 1.54) is 19.3 Å². The molecule has 2 aliphatic heterocycles. The number of methoxy groups -OCH3 is 1. The molecule has 1 N–H and O–H groups in total. The van der Waals surface area contributed by atoms with Gasteiger partial charge in [-0.1, -0.05) is 6.42 Å². The Morgan fingerprint density at radius 3 is 2.75 bits per heavy atom. The molecule has 2 saturated heterocycles. The van der Waals surface area contributed by atoms with Crippen molar-refractivity contribution in [2.75, 3.05) is 46.4 Å². The lowest BCUT2D eigenvalue weighted by Gasteiger charge is -2.30. The normalized spacial score (nSPS) is 25.0. The molecule has 0 spiro atoms. The van der Waals surface area contributed by atoms with E-state index in [-0.39, 0.29) is 18.4 Å². The summed E-state index contributed by atoms with van der Waals surface area (Å²) in [5.41, 5.74) is 0.595. The molecule has 24 heavy (non-hydrogen) atoms. The highest BCUT2D eigenvalue weighted by Gasteiger charge is 2.36. The number of hydrogen-bond acceptors (Lipinski definition) is 5. The van der Waals surface area contributed by atoms with Gasteiger partial charge in [-0.05, 0) is 37.9 Å². The number of rotatable bonds is 5. The molecule has 3 rings (SSSR count). The summed E-state index contributed by atoms with van der Waals surface area (Å²) in [7, 11) is 1.54. The topological polar surface area (TPSA) is 65.9 Å². The summed E-state index contributed by atoms with van der Waals surface area (Å²) in [6.45, 7) is 4.74. The zero-order chi connectivity index (χ0) is 16.9. The third-order valence-corrected chi connectivity index (χ3v) is 5.23. The Labute approximate surface area is 143 Å². The van der Waals surface area contributed by atoms with Gasteiger partial charge in [0, 0.05) is 50.0 Å². The molecule has 1 amide bonds. The first-order valence-corrected chi connectivity index (χ1v) is 8.83. The Bertz CT molecular complexity index is 560. The second-order valence-corrected chi connectivity index (χ2v) is 6.86. The summed E-state index contributed by atoms with van der Waals surface area (Å²) in [4.78, 5) is 21.2. The molecule has 2 aliphatic rings. The molecule has 6 nitrogen and oxygen atoms in total. The van der Waals surface area contributed by atoms with E-state index in [0.29, 0.717) is 30.5 Å². The molecule has 0 radical (unpaired) electrons. The maximum atomic E-state index is 12.8. The summed E-state index contributed by atoms with van der Waals surface area (Å²) < 4.78 is 5.10. The van der Waals surface area contributed by atoms with Gasteiger partial charge in [0.15, 0.2) is 0 Å². The molecule has 1 aromatic heterocycles. The summed E-state index contributed by atoms with van der Waals surface area (Å²) >= 11 is 0. The molecule has 132 valence electrons. The van der Waals surface area contributed by atoms with Crippen LogP contribution < -0.4 is 4.74 Å². The summed E-state index contributed by atoms with van der Waals surface area (Å²) in [6.07, 6.45) is 5.43. The van der Waals surface area contributed by atoms with E-state index in [9.17, 15) is 9.90 Å². The first-order valence-electron chi connectivity index (χ1n) is 8.83. The fraction of sp³-hybridized carbons (Fsp3) is 0.667. The highest BCUT2D eigenvalue weighted by atomic mass is 16.5. The van der Waals surface area contributed by atoms with Crippen LogP contribution in [0.4, 0.5) is 0 Å². The van der Waals surface area contributed by atoms with Crippen molar-refractivity contribution in [3.05, 3.63) is 23.9 Å². The number of pyridine rings is 1. The van der Waals surface area contributed by atoms with E-state index in [4.69, 9.17) is 4.74 Å². The van der Waals surface area contributed by atoms with E-state index in [2.05, 4.69) is 9.88 Å². The van der Waals surface area contributed by atoms with Crippen molar-refractivity contribution in [1.82, 2.24) is 14.8 Å². The van der Waals surface area contributed by atoms with Crippen molar-refractivity contribution >= 4 is 5.91 Å². The molecule has 6 heteroatoms. The number of amides is 1. The van der Waals surface area contributed by atoms with E-state index in [1.54, 1.807) is 25.4 Å². The van der Waals surface area contributed by atoms with Crippen molar-refractivity contribution in [3.63, 3.8) is 0 Å². The van der Waals surface area contributed by atoms with Gasteiger partial charge in [0.05, 0.1) is 7.11 Å². The van der Waals surface area contributed by atoms with Crippen molar-refractivity contribution in [3.8, 4) is 5.88 Å². The number of piperidine rings is 1. The van der Waals surface area contributed by atoms with Crippen LogP contribution in [0, 0.1) is 11.8 Å². The molecule has 2 atom stereocenters. The van der Waals surface area contributed by atoms with E-state index >= 15 is 0 Å². The van der Waals surface area contributed by atoms with Crippen LogP contribution in [0.2, 0.25) is 0 Å². The summed E-state index contributed by atoms with van der Waals surface area (Å²) in [5.74, 6) is 0.958. The van der Waals surface area contributed by atoms with Crippen molar-refractivity contribution in [1.29, 1.82) is 0 Å². The number of carbonyl (C=O) groups is 1. The third kappa shape index (κ3) is 3.87. The van der Waals surface area contributed by atoms with Crippen LogP contribution in [-0.2, 0) is 0 Å². The fourth-order valence-electron chi connectivity index (χ4n) is 3.83. The second-order valence-electron chi connectivity index (χ2n) is 6.86. The predicted octanol–water partition coefficient (Wildman–Crippen LogP) is 1.26. The van der Waals surface area contributed by atoms with Crippen molar-refractivity contribution in [2.24, 2.45) is 11.8 Å². The predicted molar refractivity (Wildman–Crippen MR) is 91.0 cm³/mol. The largest absolute Gasteiger partial charge is 0.481 e. The minimum Gasteiger partial charge on any atom is -0.481 e. The van der Waals surface area contributed by atoms with Gasteiger partial charge in [0.2, 0.25) is 5.88 Å². The number of hydrogen-bond donors (Lipinski definition) is 1. The maximum Gasteiger partial charge on any atom is 0.254 e. The number of likely N-dealkylation sites (tertiary alicyclic amines) is 2. The number of ether oxygens (including phenoxy) is 1. The average molecular weight is 333 g/mol. The molecule has 0 unspecified atom stereocenters. The maximum absolute atomic E-state index is 12.8. The van der Waals surface area contributed by atoms with E-state index in [1.807, 2.05) is 4.90 Å². The molecular formula is C18H27N3O3. The van der Waals surface area contributed by atoms with Crippen molar-refractivity contribution in [2.45, 2.75) is 19.3 Å².